The minimum Gasteiger partial charge on any atom is -0.383 e. The van der Waals surface area contributed by atoms with E-state index in [2.05, 4.69) is 0 Å². The van der Waals surface area contributed by atoms with Crippen LogP contribution in [0.5, 0.6) is 0 Å². The Hall–Kier alpha value is -0.610. The molecule has 10 heavy (non-hydrogen) atoms. The molecule has 0 radical (unpaired) electrons. The number of nitrogens with zero attached hydrogens (tertiary/aromatic N) is 1. The topological polar surface area (TPSA) is 66.6 Å². The van der Waals surface area contributed by atoms with E-state index in [0.717, 1.165) is 0 Å². The van der Waals surface area contributed by atoms with Gasteiger partial charge in [-0.2, -0.15) is 0 Å². The smallest absolute Gasteiger partial charge is 0.246 e. The average molecular weight is 146 g/mol. The molecular weight excluding hydrogens is 132 g/mol. The maximum Gasteiger partial charge on any atom is 0.246 e. The molecule has 0 saturated heterocycles. The van der Waals surface area contributed by atoms with Crippen molar-refractivity contribution in [2.24, 2.45) is 5.73 Å². The van der Waals surface area contributed by atoms with Crippen LogP contribution in [0, 0.1) is 0 Å². The molecule has 0 heterocycles. The van der Waals surface area contributed by atoms with Crippen molar-refractivity contribution in [2.75, 3.05) is 20.6 Å². The summed E-state index contributed by atoms with van der Waals surface area (Å²) in [5, 5.41) is 8.87. The summed E-state index contributed by atoms with van der Waals surface area (Å²) in [6, 6.07) is 0. The summed E-state index contributed by atoms with van der Waals surface area (Å²) < 4.78 is 0. The lowest BCUT2D eigenvalue weighted by molar-refractivity contribution is -0.126. The van der Waals surface area contributed by atoms with Gasteiger partial charge in [0.2, 0.25) is 5.91 Å². The summed E-state index contributed by atoms with van der Waals surface area (Å²) in [4.78, 5) is 12.1. The third-order valence-corrected chi connectivity index (χ3v) is 1.18. The average Bonchev–Trinajstić information content (AvgIpc) is 1.82. The highest BCUT2D eigenvalue weighted by molar-refractivity contribution is 5.78. The van der Waals surface area contributed by atoms with Crippen molar-refractivity contribution in [3.8, 4) is 0 Å². The molecule has 3 N–H and O–H groups in total. The van der Waals surface area contributed by atoms with Crippen LogP contribution in [0.25, 0.3) is 0 Å². The molecule has 0 aromatic carbocycles. The van der Waals surface area contributed by atoms with Crippen molar-refractivity contribution in [3.05, 3.63) is 0 Å². The van der Waals surface area contributed by atoms with Crippen LogP contribution >= 0.6 is 0 Å². The molecule has 0 bridgehead atoms. The van der Waals surface area contributed by atoms with Crippen molar-refractivity contribution in [1.29, 1.82) is 0 Å². The number of amides is 1. The summed E-state index contributed by atoms with van der Waals surface area (Å²) in [5.74, 6) is -0.651. The summed E-state index contributed by atoms with van der Waals surface area (Å²) in [5.41, 5.74) is 4.81. The van der Waals surface area contributed by atoms with Gasteiger partial charge in [0.25, 0.3) is 0 Å². The third-order valence-electron chi connectivity index (χ3n) is 1.18. The van der Waals surface area contributed by atoms with Gasteiger partial charge >= 0.3 is 0 Å². The van der Waals surface area contributed by atoms with Crippen molar-refractivity contribution in [1.82, 2.24) is 4.90 Å². The first-order valence-electron chi connectivity index (χ1n) is 3.16. The first kappa shape index (κ1) is 9.39. The Morgan fingerprint density at radius 3 is 2.50 bits per heavy atom. The fourth-order valence-corrected chi connectivity index (χ4v) is 0.523. The van der Waals surface area contributed by atoms with E-state index in [1.807, 2.05) is 19.0 Å². The van der Waals surface area contributed by atoms with Crippen LogP contribution in [-0.4, -0.2) is 42.7 Å². The number of aliphatic hydroxyl groups is 1. The minimum absolute atomic E-state index is 0.405. The number of aliphatic hydroxyl groups excluding tert-OH is 1. The van der Waals surface area contributed by atoms with E-state index >= 15 is 0 Å². The second kappa shape index (κ2) is 4.24. The Labute approximate surface area is 60.6 Å². The van der Waals surface area contributed by atoms with Gasteiger partial charge in [0.05, 0.1) is 0 Å². The summed E-state index contributed by atoms with van der Waals surface area (Å²) in [7, 11) is 3.74. The SMILES string of the molecule is CN(C)CC[C@H](O)C(N)=O. The largest absolute Gasteiger partial charge is 0.383 e. The number of hydrogen-bond donors (Lipinski definition) is 2. The Morgan fingerprint density at radius 1 is 1.70 bits per heavy atom. The van der Waals surface area contributed by atoms with Gasteiger partial charge in [-0.05, 0) is 20.5 Å². The summed E-state index contributed by atoms with van der Waals surface area (Å²) in [6.45, 7) is 0.671. The predicted molar refractivity (Wildman–Crippen MR) is 38.4 cm³/mol. The lowest BCUT2D eigenvalue weighted by atomic mass is 10.2. The predicted octanol–water partition coefficient (Wildman–Crippen LogP) is -1.22. The van der Waals surface area contributed by atoms with Crippen molar-refractivity contribution in [2.45, 2.75) is 12.5 Å². The molecule has 0 aromatic heterocycles. The van der Waals surface area contributed by atoms with E-state index in [9.17, 15) is 4.79 Å². The molecule has 1 atom stereocenters. The van der Waals surface area contributed by atoms with Crippen LogP contribution in [0.1, 0.15) is 6.42 Å². The lowest BCUT2D eigenvalue weighted by Gasteiger charge is -2.10. The first-order valence-corrected chi connectivity index (χ1v) is 3.16. The normalized spacial score (nSPS) is 13.6. The van der Waals surface area contributed by atoms with E-state index in [0.29, 0.717) is 13.0 Å². The van der Waals surface area contributed by atoms with Crippen molar-refractivity contribution in [3.63, 3.8) is 0 Å². The number of nitrogens with two attached hydrogens (primary N) is 1. The number of primary amides is 1. The highest BCUT2D eigenvalue weighted by Crippen LogP contribution is 1.90. The molecule has 0 rings (SSSR count). The second-order valence-electron chi connectivity index (χ2n) is 2.51. The molecule has 0 unspecified atom stereocenters. The number of rotatable bonds is 4. The molecule has 4 nitrogen and oxygen atoms in total. The Balaban J connectivity index is 3.40. The number of carbonyl (C=O) groups excluding carboxylic acids is 1. The zero-order chi connectivity index (χ0) is 8.15. The van der Waals surface area contributed by atoms with Crippen molar-refractivity contribution < 1.29 is 9.90 Å². The third kappa shape index (κ3) is 4.29. The van der Waals surface area contributed by atoms with Crippen LogP contribution in [0.4, 0.5) is 0 Å². The second-order valence-corrected chi connectivity index (χ2v) is 2.51. The van der Waals surface area contributed by atoms with E-state index in [-0.39, 0.29) is 0 Å². The van der Waals surface area contributed by atoms with E-state index in [1.54, 1.807) is 0 Å². The standard InChI is InChI=1S/C6H14N2O2/c1-8(2)4-3-5(9)6(7)10/h5,9H,3-4H2,1-2H3,(H2,7,10)/t5-/m0/s1. The van der Waals surface area contributed by atoms with Crippen LogP contribution < -0.4 is 5.73 Å². The minimum atomic E-state index is -0.998. The van der Waals surface area contributed by atoms with E-state index < -0.39 is 12.0 Å². The zero-order valence-corrected chi connectivity index (χ0v) is 6.37. The monoisotopic (exact) mass is 146 g/mol. The van der Waals surface area contributed by atoms with E-state index in [4.69, 9.17) is 10.8 Å². The van der Waals surface area contributed by atoms with Gasteiger partial charge in [0, 0.05) is 6.54 Å². The molecule has 0 aliphatic carbocycles. The molecule has 1 amide bonds. The molecule has 0 aromatic rings. The van der Waals surface area contributed by atoms with Crippen LogP contribution in [-0.2, 0) is 4.79 Å². The molecular formula is C6H14N2O2. The van der Waals surface area contributed by atoms with Gasteiger partial charge in [-0.1, -0.05) is 0 Å². The maximum atomic E-state index is 10.3. The van der Waals surface area contributed by atoms with Gasteiger partial charge in [0.15, 0.2) is 0 Å². The first-order chi connectivity index (χ1) is 4.54. The highest BCUT2D eigenvalue weighted by atomic mass is 16.3. The van der Waals surface area contributed by atoms with Gasteiger partial charge < -0.3 is 15.7 Å². The molecule has 0 aliphatic rings. The van der Waals surface area contributed by atoms with Crippen LogP contribution in [0.3, 0.4) is 0 Å². The molecule has 4 heteroatoms. The highest BCUT2D eigenvalue weighted by Gasteiger charge is 2.09. The summed E-state index contributed by atoms with van der Waals surface area (Å²) >= 11 is 0. The lowest BCUT2D eigenvalue weighted by Crippen LogP contribution is -2.31. The number of carbonyl (C=O) groups is 1. The zero-order valence-electron chi connectivity index (χ0n) is 6.37. The quantitative estimate of drug-likeness (QED) is 0.522. The summed E-state index contributed by atoms with van der Waals surface area (Å²) in [6.07, 6.45) is -0.593. The van der Waals surface area contributed by atoms with Gasteiger partial charge in [-0.25, -0.2) is 0 Å². The Kier molecular flexibility index (Phi) is 3.99. The molecule has 0 saturated carbocycles. The van der Waals surface area contributed by atoms with Crippen LogP contribution in [0.15, 0.2) is 0 Å². The van der Waals surface area contributed by atoms with Crippen LogP contribution in [0.2, 0.25) is 0 Å². The Morgan fingerprint density at radius 2 is 2.20 bits per heavy atom. The fraction of sp³-hybridized carbons (Fsp3) is 0.833. The molecule has 0 aliphatic heterocycles. The van der Waals surface area contributed by atoms with Crippen molar-refractivity contribution >= 4 is 5.91 Å². The fourth-order valence-electron chi connectivity index (χ4n) is 0.523. The maximum absolute atomic E-state index is 10.3. The van der Waals surface area contributed by atoms with Gasteiger partial charge in [0.1, 0.15) is 6.10 Å². The van der Waals surface area contributed by atoms with Gasteiger partial charge in [-0.15, -0.1) is 0 Å². The molecule has 60 valence electrons. The van der Waals surface area contributed by atoms with Gasteiger partial charge in [-0.3, -0.25) is 4.79 Å². The molecule has 0 spiro atoms. The molecule has 0 fully saturated rings. The Bertz CT molecular complexity index is 114. The van der Waals surface area contributed by atoms with E-state index in [1.165, 1.54) is 0 Å². The number of hydrogen-bond acceptors (Lipinski definition) is 3.